The molecule has 0 radical (unpaired) electrons. The standard InChI is InChI=1S/C24H26N2O5S/c1-17-15-21(18(2)30-17)24(27)25-22-16-20(32(28,29)26-13-7-4-8-14-26)11-12-23(22)31-19-9-5-3-6-10-19/h3,5-6,9-12,15-16H,4,7-8,13-14H2,1-2H3,(H,25,27). The van der Waals surface area contributed by atoms with Crippen LogP contribution >= 0.6 is 0 Å². The average molecular weight is 455 g/mol. The van der Waals surface area contributed by atoms with Gasteiger partial charge in [0.05, 0.1) is 16.1 Å². The summed E-state index contributed by atoms with van der Waals surface area (Å²) in [5.74, 6) is 1.63. The van der Waals surface area contributed by atoms with Crippen LogP contribution in [0.4, 0.5) is 5.69 Å². The van der Waals surface area contributed by atoms with Gasteiger partial charge in [0.15, 0.2) is 5.75 Å². The Bertz CT molecular complexity index is 1210. The Labute approximate surface area is 188 Å². The number of anilines is 1. The molecule has 0 atom stereocenters. The number of amides is 1. The lowest BCUT2D eigenvalue weighted by Crippen LogP contribution is -2.35. The number of carbonyl (C=O) groups is 1. The van der Waals surface area contributed by atoms with Gasteiger partial charge in [-0.1, -0.05) is 24.6 Å². The molecular formula is C24H26N2O5S. The van der Waals surface area contributed by atoms with Gasteiger partial charge < -0.3 is 14.5 Å². The van der Waals surface area contributed by atoms with Gasteiger partial charge in [0.2, 0.25) is 10.0 Å². The van der Waals surface area contributed by atoms with Crippen molar-refractivity contribution in [2.75, 3.05) is 18.4 Å². The SMILES string of the molecule is Cc1cc(C(=O)Nc2cc(S(=O)(=O)N3CCCCC3)ccc2Oc2ccccc2)c(C)o1. The van der Waals surface area contributed by atoms with E-state index in [0.29, 0.717) is 41.7 Å². The van der Waals surface area contributed by atoms with Crippen LogP contribution in [0.2, 0.25) is 0 Å². The zero-order valence-electron chi connectivity index (χ0n) is 18.1. The van der Waals surface area contributed by atoms with E-state index in [1.54, 1.807) is 38.1 Å². The molecule has 8 heteroatoms. The van der Waals surface area contributed by atoms with E-state index in [0.717, 1.165) is 19.3 Å². The number of nitrogens with zero attached hydrogens (tertiary/aromatic N) is 1. The topological polar surface area (TPSA) is 88.9 Å². The van der Waals surface area contributed by atoms with Crippen LogP contribution in [0.25, 0.3) is 0 Å². The molecule has 0 bridgehead atoms. The Morgan fingerprint density at radius 3 is 2.38 bits per heavy atom. The quantitative estimate of drug-likeness (QED) is 0.559. The van der Waals surface area contributed by atoms with E-state index in [9.17, 15) is 13.2 Å². The van der Waals surface area contributed by atoms with Crippen LogP contribution in [0.15, 0.2) is 63.9 Å². The van der Waals surface area contributed by atoms with E-state index in [4.69, 9.17) is 9.15 Å². The van der Waals surface area contributed by atoms with Gasteiger partial charge in [0, 0.05) is 13.1 Å². The van der Waals surface area contributed by atoms with Crippen LogP contribution in [-0.2, 0) is 10.0 Å². The molecule has 7 nitrogen and oxygen atoms in total. The van der Waals surface area contributed by atoms with E-state index in [1.807, 2.05) is 18.2 Å². The lowest BCUT2D eigenvalue weighted by atomic mass is 10.2. The monoisotopic (exact) mass is 454 g/mol. The van der Waals surface area contributed by atoms with Gasteiger partial charge in [-0.05, 0) is 63.1 Å². The summed E-state index contributed by atoms with van der Waals surface area (Å²) < 4.78 is 39.3. The van der Waals surface area contributed by atoms with Crippen molar-refractivity contribution < 1.29 is 22.4 Å². The molecule has 2 heterocycles. The highest BCUT2D eigenvalue weighted by atomic mass is 32.2. The third-order valence-corrected chi connectivity index (χ3v) is 7.30. The third-order valence-electron chi connectivity index (χ3n) is 5.41. The van der Waals surface area contributed by atoms with Crippen LogP contribution in [0.1, 0.15) is 41.1 Å². The number of carbonyl (C=O) groups excluding carboxylic acids is 1. The predicted molar refractivity (Wildman–Crippen MR) is 122 cm³/mol. The number of furan rings is 1. The van der Waals surface area contributed by atoms with Crippen molar-refractivity contribution in [2.45, 2.75) is 38.0 Å². The molecule has 1 N–H and O–H groups in total. The number of para-hydroxylation sites is 1. The summed E-state index contributed by atoms with van der Waals surface area (Å²) >= 11 is 0. The number of hydrogen-bond acceptors (Lipinski definition) is 5. The summed E-state index contributed by atoms with van der Waals surface area (Å²) in [6, 6.07) is 15.3. The van der Waals surface area contributed by atoms with Gasteiger partial charge in [-0.15, -0.1) is 0 Å². The minimum Gasteiger partial charge on any atom is -0.466 e. The summed E-state index contributed by atoms with van der Waals surface area (Å²) in [7, 11) is -3.67. The zero-order chi connectivity index (χ0) is 22.7. The normalized spacial score (nSPS) is 14.8. The minimum absolute atomic E-state index is 0.121. The summed E-state index contributed by atoms with van der Waals surface area (Å²) in [6.45, 7) is 4.47. The van der Waals surface area contributed by atoms with Crippen LogP contribution in [0, 0.1) is 13.8 Å². The zero-order valence-corrected chi connectivity index (χ0v) is 18.9. The van der Waals surface area contributed by atoms with Gasteiger partial charge in [0.25, 0.3) is 5.91 Å². The summed E-state index contributed by atoms with van der Waals surface area (Å²) in [4.78, 5) is 13.0. The Morgan fingerprint density at radius 2 is 1.72 bits per heavy atom. The van der Waals surface area contributed by atoms with E-state index in [-0.39, 0.29) is 10.6 Å². The molecule has 1 saturated heterocycles. The second-order valence-electron chi connectivity index (χ2n) is 7.82. The van der Waals surface area contributed by atoms with Crippen molar-refractivity contribution >= 4 is 21.6 Å². The van der Waals surface area contributed by atoms with Crippen LogP contribution in [0.5, 0.6) is 11.5 Å². The number of rotatable bonds is 6. The van der Waals surface area contributed by atoms with Gasteiger partial charge in [-0.25, -0.2) is 8.42 Å². The molecule has 4 rings (SSSR count). The molecule has 2 aromatic carbocycles. The molecule has 168 valence electrons. The van der Waals surface area contributed by atoms with E-state index >= 15 is 0 Å². The highest BCUT2D eigenvalue weighted by molar-refractivity contribution is 7.89. The summed E-state index contributed by atoms with van der Waals surface area (Å²) in [5.41, 5.74) is 0.660. The maximum Gasteiger partial charge on any atom is 0.259 e. The fourth-order valence-electron chi connectivity index (χ4n) is 3.77. The number of piperidine rings is 1. The molecule has 1 amide bonds. The Balaban J connectivity index is 1.70. The number of sulfonamides is 1. The second kappa shape index (κ2) is 9.18. The fourth-order valence-corrected chi connectivity index (χ4v) is 5.32. The molecule has 32 heavy (non-hydrogen) atoms. The fraction of sp³-hybridized carbons (Fsp3) is 0.292. The average Bonchev–Trinajstić information content (AvgIpc) is 3.14. The number of benzene rings is 2. The highest BCUT2D eigenvalue weighted by Crippen LogP contribution is 2.34. The van der Waals surface area contributed by atoms with Crippen molar-refractivity contribution in [1.82, 2.24) is 4.31 Å². The molecule has 0 spiro atoms. The van der Waals surface area contributed by atoms with Crippen LogP contribution < -0.4 is 10.1 Å². The third kappa shape index (κ3) is 4.71. The van der Waals surface area contributed by atoms with Gasteiger partial charge in [-0.2, -0.15) is 4.31 Å². The number of ether oxygens (including phenoxy) is 1. The Hall–Kier alpha value is -3.10. The summed E-state index contributed by atoms with van der Waals surface area (Å²) in [5, 5.41) is 2.81. The molecule has 0 aliphatic carbocycles. The van der Waals surface area contributed by atoms with Crippen LogP contribution in [0.3, 0.4) is 0 Å². The molecule has 1 aliphatic heterocycles. The van der Waals surface area contributed by atoms with Gasteiger partial charge in [0.1, 0.15) is 17.3 Å². The first-order chi connectivity index (χ1) is 15.3. The molecule has 1 aromatic heterocycles. The maximum atomic E-state index is 13.2. The number of aryl methyl sites for hydroxylation is 2. The lowest BCUT2D eigenvalue weighted by molar-refractivity contribution is 0.102. The van der Waals surface area contributed by atoms with E-state index in [2.05, 4.69) is 5.32 Å². The smallest absolute Gasteiger partial charge is 0.259 e. The first-order valence-electron chi connectivity index (χ1n) is 10.6. The van der Waals surface area contributed by atoms with E-state index in [1.165, 1.54) is 16.4 Å². The summed E-state index contributed by atoms with van der Waals surface area (Å²) in [6.07, 6.45) is 2.72. The minimum atomic E-state index is -3.67. The largest absolute Gasteiger partial charge is 0.466 e. The van der Waals surface area contributed by atoms with Crippen LogP contribution in [-0.4, -0.2) is 31.7 Å². The van der Waals surface area contributed by atoms with Gasteiger partial charge in [-0.3, -0.25) is 4.79 Å². The first kappa shape index (κ1) is 22.1. The molecule has 1 aliphatic rings. The number of nitrogens with one attached hydrogen (secondary N) is 1. The second-order valence-corrected chi connectivity index (χ2v) is 9.76. The predicted octanol–water partition coefficient (Wildman–Crippen LogP) is 5.12. The van der Waals surface area contributed by atoms with E-state index < -0.39 is 15.9 Å². The van der Waals surface area contributed by atoms with Crippen molar-refractivity contribution in [3.8, 4) is 11.5 Å². The molecule has 3 aromatic rings. The van der Waals surface area contributed by atoms with Crippen molar-refractivity contribution in [3.63, 3.8) is 0 Å². The molecule has 0 unspecified atom stereocenters. The molecular weight excluding hydrogens is 428 g/mol. The van der Waals surface area contributed by atoms with Crippen molar-refractivity contribution in [2.24, 2.45) is 0 Å². The van der Waals surface area contributed by atoms with Gasteiger partial charge >= 0.3 is 0 Å². The van der Waals surface area contributed by atoms with Crippen molar-refractivity contribution in [3.05, 3.63) is 71.7 Å². The highest BCUT2D eigenvalue weighted by Gasteiger charge is 2.27. The molecule has 0 saturated carbocycles. The lowest BCUT2D eigenvalue weighted by Gasteiger charge is -2.26. The number of hydrogen-bond donors (Lipinski definition) is 1. The Morgan fingerprint density at radius 1 is 1.00 bits per heavy atom. The Kier molecular flexibility index (Phi) is 6.34. The molecule has 1 fully saturated rings. The van der Waals surface area contributed by atoms with Crippen molar-refractivity contribution in [1.29, 1.82) is 0 Å². The first-order valence-corrected chi connectivity index (χ1v) is 12.0. The maximum absolute atomic E-state index is 13.2.